The Bertz CT molecular complexity index is 122. The van der Waals surface area contributed by atoms with Crippen LogP contribution in [-0.4, -0.2) is 32.2 Å². The second-order valence-electron chi connectivity index (χ2n) is 2.65. The average Bonchev–Trinajstić information content (AvgIpc) is 2.05. The quantitative estimate of drug-likeness (QED) is 0.590. The standard InChI is InChI=1S/C8H18N2O2/c1-3-8(11)10-7(4-5-9)6-12-2/h7H,3-6,9H2,1-2H3,(H,10,11). The molecule has 0 rings (SSSR count). The summed E-state index contributed by atoms with van der Waals surface area (Å²) in [5, 5.41) is 2.82. The summed E-state index contributed by atoms with van der Waals surface area (Å²) in [5.41, 5.74) is 5.37. The molecule has 0 saturated carbocycles. The molecule has 72 valence electrons. The highest BCUT2D eigenvalue weighted by molar-refractivity contribution is 5.75. The van der Waals surface area contributed by atoms with Gasteiger partial charge < -0.3 is 15.8 Å². The van der Waals surface area contributed by atoms with Crippen LogP contribution in [0.2, 0.25) is 0 Å². The summed E-state index contributed by atoms with van der Waals surface area (Å²) in [6.07, 6.45) is 1.27. The number of hydrogen-bond acceptors (Lipinski definition) is 3. The minimum Gasteiger partial charge on any atom is -0.383 e. The van der Waals surface area contributed by atoms with Crippen molar-refractivity contribution >= 4 is 5.91 Å². The van der Waals surface area contributed by atoms with Gasteiger partial charge in [0.15, 0.2) is 0 Å². The van der Waals surface area contributed by atoms with Crippen molar-refractivity contribution in [2.24, 2.45) is 5.73 Å². The predicted molar refractivity (Wildman–Crippen MR) is 47.8 cm³/mol. The highest BCUT2D eigenvalue weighted by Gasteiger charge is 2.08. The van der Waals surface area contributed by atoms with Gasteiger partial charge in [-0.05, 0) is 13.0 Å². The van der Waals surface area contributed by atoms with Crippen molar-refractivity contribution in [2.45, 2.75) is 25.8 Å². The van der Waals surface area contributed by atoms with Crippen molar-refractivity contribution in [1.29, 1.82) is 0 Å². The van der Waals surface area contributed by atoms with Gasteiger partial charge >= 0.3 is 0 Å². The number of amides is 1. The Balaban J connectivity index is 3.68. The Kier molecular flexibility index (Phi) is 6.70. The van der Waals surface area contributed by atoms with E-state index in [1.807, 2.05) is 6.92 Å². The fourth-order valence-corrected chi connectivity index (χ4v) is 0.929. The molecule has 0 fully saturated rings. The van der Waals surface area contributed by atoms with Crippen molar-refractivity contribution in [3.05, 3.63) is 0 Å². The van der Waals surface area contributed by atoms with Crippen LogP contribution in [0.4, 0.5) is 0 Å². The van der Waals surface area contributed by atoms with E-state index >= 15 is 0 Å². The Labute approximate surface area is 73.5 Å². The van der Waals surface area contributed by atoms with Gasteiger partial charge in [-0.1, -0.05) is 6.92 Å². The zero-order chi connectivity index (χ0) is 9.40. The largest absolute Gasteiger partial charge is 0.383 e. The number of carbonyl (C=O) groups excluding carboxylic acids is 1. The third-order valence-corrected chi connectivity index (χ3v) is 1.57. The molecule has 4 heteroatoms. The van der Waals surface area contributed by atoms with E-state index in [9.17, 15) is 4.79 Å². The van der Waals surface area contributed by atoms with Crippen molar-refractivity contribution < 1.29 is 9.53 Å². The summed E-state index contributed by atoms with van der Waals surface area (Å²) in [5.74, 6) is 0.0468. The van der Waals surface area contributed by atoms with Crippen molar-refractivity contribution in [1.82, 2.24) is 5.32 Å². The average molecular weight is 174 g/mol. The zero-order valence-corrected chi connectivity index (χ0v) is 7.80. The van der Waals surface area contributed by atoms with Gasteiger partial charge in [-0.15, -0.1) is 0 Å². The minimum absolute atomic E-state index is 0.0468. The second kappa shape index (κ2) is 7.06. The van der Waals surface area contributed by atoms with Crippen LogP contribution in [0.25, 0.3) is 0 Å². The van der Waals surface area contributed by atoms with Gasteiger partial charge in [-0.2, -0.15) is 0 Å². The van der Waals surface area contributed by atoms with Gasteiger partial charge in [0.25, 0.3) is 0 Å². The maximum atomic E-state index is 11.0. The van der Waals surface area contributed by atoms with E-state index in [2.05, 4.69) is 5.32 Å². The maximum Gasteiger partial charge on any atom is 0.220 e. The third-order valence-electron chi connectivity index (χ3n) is 1.57. The second-order valence-corrected chi connectivity index (χ2v) is 2.65. The summed E-state index contributed by atoms with van der Waals surface area (Å²) in [6.45, 7) is 2.92. The van der Waals surface area contributed by atoms with Gasteiger partial charge in [0, 0.05) is 13.5 Å². The number of rotatable bonds is 6. The molecule has 0 aliphatic rings. The van der Waals surface area contributed by atoms with Crippen LogP contribution < -0.4 is 11.1 Å². The summed E-state index contributed by atoms with van der Waals surface area (Å²) in [4.78, 5) is 11.0. The molecule has 12 heavy (non-hydrogen) atoms. The highest BCUT2D eigenvalue weighted by atomic mass is 16.5. The Morgan fingerprint density at radius 1 is 1.67 bits per heavy atom. The molecule has 0 saturated heterocycles. The molecule has 3 N–H and O–H groups in total. The van der Waals surface area contributed by atoms with Crippen molar-refractivity contribution in [2.75, 3.05) is 20.3 Å². The first-order chi connectivity index (χ1) is 5.74. The molecule has 0 aromatic heterocycles. The van der Waals surface area contributed by atoms with E-state index in [1.165, 1.54) is 0 Å². The number of methoxy groups -OCH3 is 1. The van der Waals surface area contributed by atoms with Crippen molar-refractivity contribution in [3.8, 4) is 0 Å². The molecular formula is C8H18N2O2. The molecule has 0 aromatic carbocycles. The predicted octanol–water partition coefficient (Wildman–Crippen LogP) is -0.124. The van der Waals surface area contributed by atoms with Crippen LogP contribution in [0.1, 0.15) is 19.8 Å². The first-order valence-electron chi connectivity index (χ1n) is 4.23. The number of hydrogen-bond donors (Lipinski definition) is 2. The van der Waals surface area contributed by atoms with E-state index in [4.69, 9.17) is 10.5 Å². The summed E-state index contributed by atoms with van der Waals surface area (Å²) >= 11 is 0. The van der Waals surface area contributed by atoms with E-state index in [0.717, 1.165) is 6.42 Å². The third kappa shape index (κ3) is 5.09. The van der Waals surface area contributed by atoms with Gasteiger partial charge in [0.1, 0.15) is 0 Å². The lowest BCUT2D eigenvalue weighted by Crippen LogP contribution is -2.39. The molecule has 0 radical (unpaired) electrons. The molecule has 0 aliphatic carbocycles. The summed E-state index contributed by atoms with van der Waals surface area (Å²) < 4.78 is 4.93. The Hall–Kier alpha value is -0.610. The molecule has 0 heterocycles. The lowest BCUT2D eigenvalue weighted by atomic mass is 10.2. The Morgan fingerprint density at radius 3 is 2.75 bits per heavy atom. The molecule has 0 spiro atoms. The smallest absolute Gasteiger partial charge is 0.220 e. The minimum atomic E-state index is 0.0468. The highest BCUT2D eigenvalue weighted by Crippen LogP contribution is 1.91. The monoisotopic (exact) mass is 174 g/mol. The van der Waals surface area contributed by atoms with E-state index in [-0.39, 0.29) is 11.9 Å². The first-order valence-corrected chi connectivity index (χ1v) is 4.23. The molecule has 0 bridgehead atoms. The molecular weight excluding hydrogens is 156 g/mol. The van der Waals surface area contributed by atoms with Gasteiger partial charge in [-0.3, -0.25) is 4.79 Å². The van der Waals surface area contributed by atoms with E-state index < -0.39 is 0 Å². The first kappa shape index (κ1) is 11.4. The van der Waals surface area contributed by atoms with Crippen LogP contribution in [0.15, 0.2) is 0 Å². The zero-order valence-electron chi connectivity index (χ0n) is 7.80. The number of carbonyl (C=O) groups is 1. The topological polar surface area (TPSA) is 64.4 Å². The summed E-state index contributed by atoms with van der Waals surface area (Å²) in [7, 11) is 1.61. The van der Waals surface area contributed by atoms with Gasteiger partial charge in [-0.25, -0.2) is 0 Å². The van der Waals surface area contributed by atoms with Gasteiger partial charge in [0.2, 0.25) is 5.91 Å². The van der Waals surface area contributed by atoms with Crippen LogP contribution in [0.3, 0.4) is 0 Å². The lowest BCUT2D eigenvalue weighted by Gasteiger charge is -2.16. The number of nitrogens with one attached hydrogen (secondary N) is 1. The SMILES string of the molecule is CCC(=O)NC(CCN)COC. The molecule has 1 unspecified atom stereocenters. The lowest BCUT2D eigenvalue weighted by molar-refractivity contribution is -0.121. The van der Waals surface area contributed by atoms with E-state index in [1.54, 1.807) is 7.11 Å². The van der Waals surface area contributed by atoms with Gasteiger partial charge in [0.05, 0.1) is 12.6 Å². The molecule has 4 nitrogen and oxygen atoms in total. The number of ether oxygens (including phenoxy) is 1. The normalized spacial score (nSPS) is 12.6. The molecule has 1 atom stereocenters. The van der Waals surface area contributed by atoms with E-state index in [0.29, 0.717) is 19.6 Å². The molecule has 1 amide bonds. The molecule has 0 aromatic rings. The van der Waals surface area contributed by atoms with Crippen LogP contribution in [0, 0.1) is 0 Å². The fourth-order valence-electron chi connectivity index (χ4n) is 0.929. The molecule has 0 aliphatic heterocycles. The summed E-state index contributed by atoms with van der Waals surface area (Å²) in [6, 6.07) is 0.0625. The van der Waals surface area contributed by atoms with Crippen LogP contribution in [-0.2, 0) is 9.53 Å². The fraction of sp³-hybridized carbons (Fsp3) is 0.875. The number of nitrogens with two attached hydrogens (primary N) is 1. The Morgan fingerprint density at radius 2 is 2.33 bits per heavy atom. The van der Waals surface area contributed by atoms with Crippen molar-refractivity contribution in [3.63, 3.8) is 0 Å². The maximum absolute atomic E-state index is 11.0. The van der Waals surface area contributed by atoms with Crippen LogP contribution in [0.5, 0.6) is 0 Å². The van der Waals surface area contributed by atoms with Crippen LogP contribution >= 0.6 is 0 Å².